The molecule has 0 aliphatic carbocycles. The van der Waals surface area contributed by atoms with E-state index in [0.717, 1.165) is 57.8 Å². The van der Waals surface area contributed by atoms with Crippen LogP contribution in [0.4, 0.5) is 0 Å². The Hall–Kier alpha value is -1.59. The Balaban J connectivity index is 3.92. The van der Waals surface area contributed by atoms with Gasteiger partial charge in [-0.05, 0) is 19.3 Å². The molecule has 0 rings (SSSR count). The van der Waals surface area contributed by atoms with Gasteiger partial charge >= 0.3 is 17.9 Å². The number of unbranched alkanes of at least 4 members (excludes halogenated alkanes) is 34. The zero-order valence-corrected chi connectivity index (χ0v) is 37.2. The van der Waals surface area contributed by atoms with Crippen LogP contribution in [0, 0.1) is 0 Å². The van der Waals surface area contributed by atoms with Gasteiger partial charge in [0, 0.05) is 19.3 Å². The minimum Gasteiger partial charge on any atom is -0.462 e. The molecule has 0 fully saturated rings. The molecule has 0 saturated heterocycles. The largest absolute Gasteiger partial charge is 0.462 e. The first-order chi connectivity index (χ1) is 27.0. The molecular weight excluding hydrogens is 685 g/mol. The number of hydrogen-bond acceptors (Lipinski definition) is 6. The fourth-order valence-corrected chi connectivity index (χ4v) is 7.38. The van der Waals surface area contributed by atoms with Crippen LogP contribution in [0.2, 0.25) is 0 Å². The summed E-state index contributed by atoms with van der Waals surface area (Å²) in [4.78, 5) is 37.4. The lowest BCUT2D eigenvalue weighted by atomic mass is 10.0. The van der Waals surface area contributed by atoms with Crippen molar-refractivity contribution in [2.24, 2.45) is 0 Å². The van der Waals surface area contributed by atoms with Crippen molar-refractivity contribution < 1.29 is 28.6 Å². The van der Waals surface area contributed by atoms with Crippen LogP contribution < -0.4 is 0 Å². The third-order valence-electron chi connectivity index (χ3n) is 11.1. The van der Waals surface area contributed by atoms with E-state index < -0.39 is 6.10 Å². The molecule has 6 heteroatoms. The van der Waals surface area contributed by atoms with E-state index in [9.17, 15) is 14.4 Å². The van der Waals surface area contributed by atoms with Crippen LogP contribution in [0.3, 0.4) is 0 Å². The summed E-state index contributed by atoms with van der Waals surface area (Å²) >= 11 is 0. The third-order valence-corrected chi connectivity index (χ3v) is 11.1. The van der Waals surface area contributed by atoms with Gasteiger partial charge in [-0.15, -0.1) is 0 Å². The van der Waals surface area contributed by atoms with Gasteiger partial charge in [0.1, 0.15) is 13.2 Å². The molecule has 0 heterocycles. The van der Waals surface area contributed by atoms with Crippen molar-refractivity contribution in [3.8, 4) is 0 Å². The lowest BCUT2D eigenvalue weighted by Crippen LogP contribution is -2.30. The SMILES string of the molecule is CCCCCCCCCCCCCCCCCCCCCCCCCCC(=O)OCC(COC(=O)CCCCCCCC)OC(=O)CCCCCCCCC. The van der Waals surface area contributed by atoms with E-state index in [1.165, 1.54) is 180 Å². The Bertz CT molecular complexity index is 813. The average Bonchev–Trinajstić information content (AvgIpc) is 3.18. The fourth-order valence-electron chi connectivity index (χ4n) is 7.38. The normalized spacial score (nSPS) is 11.8. The number of carbonyl (C=O) groups excluding carboxylic acids is 3. The molecule has 0 N–H and O–H groups in total. The monoisotopic (exact) mass is 779 g/mol. The summed E-state index contributed by atoms with van der Waals surface area (Å²) in [5.41, 5.74) is 0. The standard InChI is InChI=1S/C49H94O6/c1-4-7-10-13-16-17-18-19-20-21-22-23-24-25-26-27-28-29-30-31-32-34-36-39-42-48(51)54-45-46(44-53-47(50)41-38-35-15-12-9-6-3)55-49(52)43-40-37-33-14-11-8-5-2/h46H,4-45H2,1-3H3. The zero-order chi connectivity index (χ0) is 40.1. The summed E-state index contributed by atoms with van der Waals surface area (Å²) in [6, 6.07) is 0. The first kappa shape index (κ1) is 53.4. The highest BCUT2D eigenvalue weighted by Crippen LogP contribution is 2.17. The third kappa shape index (κ3) is 43.4. The molecule has 0 bridgehead atoms. The maximum atomic E-state index is 12.6. The first-order valence-corrected chi connectivity index (χ1v) is 24.5. The molecule has 0 saturated carbocycles. The minimum absolute atomic E-state index is 0.0642. The van der Waals surface area contributed by atoms with E-state index in [1.54, 1.807) is 0 Å². The van der Waals surface area contributed by atoms with Crippen LogP contribution in [0.1, 0.15) is 278 Å². The van der Waals surface area contributed by atoms with Gasteiger partial charge in [-0.2, -0.15) is 0 Å². The molecule has 1 unspecified atom stereocenters. The van der Waals surface area contributed by atoms with E-state index in [2.05, 4.69) is 20.8 Å². The Morgan fingerprint density at radius 1 is 0.291 bits per heavy atom. The topological polar surface area (TPSA) is 78.9 Å². The maximum absolute atomic E-state index is 12.6. The Morgan fingerprint density at radius 2 is 0.491 bits per heavy atom. The summed E-state index contributed by atoms with van der Waals surface area (Å²) in [6.45, 7) is 6.56. The molecule has 0 spiro atoms. The van der Waals surface area contributed by atoms with Gasteiger partial charge in [-0.25, -0.2) is 0 Å². The van der Waals surface area contributed by atoms with Crippen LogP contribution in [0.15, 0.2) is 0 Å². The summed E-state index contributed by atoms with van der Waals surface area (Å²) < 4.78 is 16.6. The predicted molar refractivity (Wildman–Crippen MR) is 233 cm³/mol. The fraction of sp³-hybridized carbons (Fsp3) is 0.939. The molecular formula is C49H94O6. The second kappa shape index (κ2) is 45.1. The molecule has 55 heavy (non-hydrogen) atoms. The van der Waals surface area contributed by atoms with Crippen LogP contribution in [0.5, 0.6) is 0 Å². The van der Waals surface area contributed by atoms with E-state index >= 15 is 0 Å². The quantitative estimate of drug-likeness (QED) is 0.0348. The van der Waals surface area contributed by atoms with Crippen LogP contribution in [0.25, 0.3) is 0 Å². The molecule has 6 nitrogen and oxygen atoms in total. The van der Waals surface area contributed by atoms with Crippen LogP contribution >= 0.6 is 0 Å². The van der Waals surface area contributed by atoms with Gasteiger partial charge in [0.2, 0.25) is 0 Å². The van der Waals surface area contributed by atoms with Crippen molar-refractivity contribution in [1.29, 1.82) is 0 Å². The van der Waals surface area contributed by atoms with Crippen molar-refractivity contribution in [1.82, 2.24) is 0 Å². The van der Waals surface area contributed by atoms with Gasteiger partial charge in [0.15, 0.2) is 6.10 Å². The summed E-state index contributed by atoms with van der Waals surface area (Å²) in [5.74, 6) is -0.868. The van der Waals surface area contributed by atoms with Crippen LogP contribution in [-0.2, 0) is 28.6 Å². The average molecular weight is 779 g/mol. The highest BCUT2D eigenvalue weighted by molar-refractivity contribution is 5.71. The second-order valence-electron chi connectivity index (χ2n) is 16.7. The molecule has 0 aliphatic rings. The van der Waals surface area contributed by atoms with Gasteiger partial charge in [0.05, 0.1) is 0 Å². The van der Waals surface area contributed by atoms with Gasteiger partial charge in [-0.1, -0.05) is 239 Å². The van der Waals surface area contributed by atoms with E-state index in [0.29, 0.717) is 19.3 Å². The van der Waals surface area contributed by atoms with Crippen molar-refractivity contribution in [2.45, 2.75) is 284 Å². The number of rotatable bonds is 45. The van der Waals surface area contributed by atoms with Crippen molar-refractivity contribution in [3.63, 3.8) is 0 Å². The van der Waals surface area contributed by atoms with E-state index in [1.807, 2.05) is 0 Å². The Morgan fingerprint density at radius 3 is 0.727 bits per heavy atom. The number of esters is 3. The Labute approximate surface area is 342 Å². The first-order valence-electron chi connectivity index (χ1n) is 24.5. The number of ether oxygens (including phenoxy) is 3. The van der Waals surface area contributed by atoms with E-state index in [-0.39, 0.29) is 31.1 Å². The minimum atomic E-state index is -0.756. The summed E-state index contributed by atoms with van der Waals surface area (Å²) in [6.07, 6.45) is 47.2. The predicted octanol–water partition coefficient (Wildman–Crippen LogP) is 15.6. The molecule has 0 radical (unpaired) electrons. The molecule has 0 aliphatic heterocycles. The molecule has 0 aromatic rings. The molecule has 326 valence electrons. The van der Waals surface area contributed by atoms with Crippen LogP contribution in [-0.4, -0.2) is 37.2 Å². The lowest BCUT2D eigenvalue weighted by Gasteiger charge is -2.18. The summed E-state index contributed by atoms with van der Waals surface area (Å²) in [7, 11) is 0. The summed E-state index contributed by atoms with van der Waals surface area (Å²) in [5, 5.41) is 0. The molecule has 0 amide bonds. The lowest BCUT2D eigenvalue weighted by molar-refractivity contribution is -0.167. The van der Waals surface area contributed by atoms with Crippen molar-refractivity contribution in [3.05, 3.63) is 0 Å². The molecule has 0 aromatic heterocycles. The van der Waals surface area contributed by atoms with Gasteiger partial charge in [-0.3, -0.25) is 14.4 Å². The van der Waals surface area contributed by atoms with Crippen molar-refractivity contribution in [2.75, 3.05) is 13.2 Å². The molecule has 1 atom stereocenters. The van der Waals surface area contributed by atoms with E-state index in [4.69, 9.17) is 14.2 Å². The smallest absolute Gasteiger partial charge is 0.306 e. The van der Waals surface area contributed by atoms with Gasteiger partial charge < -0.3 is 14.2 Å². The zero-order valence-electron chi connectivity index (χ0n) is 37.2. The number of carbonyl (C=O) groups is 3. The molecule has 0 aromatic carbocycles. The Kier molecular flexibility index (Phi) is 43.8. The van der Waals surface area contributed by atoms with Gasteiger partial charge in [0.25, 0.3) is 0 Å². The highest BCUT2D eigenvalue weighted by Gasteiger charge is 2.19. The highest BCUT2D eigenvalue weighted by atomic mass is 16.6. The second-order valence-corrected chi connectivity index (χ2v) is 16.7. The van der Waals surface area contributed by atoms with Crippen molar-refractivity contribution >= 4 is 17.9 Å². The number of hydrogen-bond donors (Lipinski definition) is 0. The maximum Gasteiger partial charge on any atom is 0.306 e.